The van der Waals surface area contributed by atoms with Crippen LogP contribution in [0.25, 0.3) is 22.6 Å². The Morgan fingerprint density at radius 2 is 1.63 bits per heavy atom. The fraction of sp³-hybridized carbons (Fsp3) is 0.150. The van der Waals surface area contributed by atoms with Crippen LogP contribution in [0.5, 0.6) is 0 Å². The zero-order chi connectivity index (χ0) is 25.8. The standard InChI is InChI=1S/C20H14F4N4O5S2/c1-2-34(30,31)16-9-13(12-3-5-14(21)6-4-12)10-25-18(16)28-19(29)27-11-15(7-8-17(27)26-28)35(32,33)20(22,23)24/h3-11H,2H2,1H3. The summed E-state index contributed by atoms with van der Waals surface area (Å²) in [5.74, 6) is -1.33. The average molecular weight is 530 g/mol. The molecule has 0 unspecified atom stereocenters. The van der Waals surface area contributed by atoms with E-state index in [-0.39, 0.29) is 17.0 Å². The highest BCUT2D eigenvalue weighted by atomic mass is 32.2. The van der Waals surface area contributed by atoms with Crippen molar-refractivity contribution in [1.29, 1.82) is 0 Å². The third-order valence-corrected chi connectivity index (χ3v) is 8.23. The number of fused-ring (bicyclic) bond motifs is 1. The molecule has 0 saturated heterocycles. The summed E-state index contributed by atoms with van der Waals surface area (Å²) < 4.78 is 102. The quantitative estimate of drug-likeness (QED) is 0.364. The molecule has 9 nitrogen and oxygen atoms in total. The second kappa shape index (κ2) is 8.27. The molecule has 1 aromatic carbocycles. The molecular formula is C20H14F4N4O5S2. The maximum absolute atomic E-state index is 13.3. The molecule has 0 amide bonds. The molecule has 15 heteroatoms. The summed E-state index contributed by atoms with van der Waals surface area (Å²) in [4.78, 5) is 15.4. The fourth-order valence-corrected chi connectivity index (χ4v) is 4.96. The summed E-state index contributed by atoms with van der Waals surface area (Å²) in [6.45, 7) is 1.35. The molecule has 0 spiro atoms. The number of benzene rings is 1. The summed E-state index contributed by atoms with van der Waals surface area (Å²) >= 11 is 0. The minimum atomic E-state index is -5.75. The van der Waals surface area contributed by atoms with Crippen molar-refractivity contribution < 1.29 is 34.4 Å². The molecule has 0 radical (unpaired) electrons. The van der Waals surface area contributed by atoms with Crippen LogP contribution in [0.3, 0.4) is 0 Å². The van der Waals surface area contributed by atoms with Crippen LogP contribution < -0.4 is 5.69 Å². The molecule has 0 aliphatic carbocycles. The van der Waals surface area contributed by atoms with Crippen LogP contribution in [0.15, 0.2) is 69.4 Å². The molecule has 184 valence electrons. The normalized spacial score (nSPS) is 12.8. The van der Waals surface area contributed by atoms with Crippen molar-refractivity contribution >= 4 is 25.3 Å². The van der Waals surface area contributed by atoms with Gasteiger partial charge in [0.15, 0.2) is 21.3 Å². The van der Waals surface area contributed by atoms with Gasteiger partial charge in [0.25, 0.3) is 9.84 Å². The highest BCUT2D eigenvalue weighted by molar-refractivity contribution is 7.92. The molecule has 0 aliphatic heterocycles. The van der Waals surface area contributed by atoms with Crippen molar-refractivity contribution in [3.63, 3.8) is 0 Å². The highest BCUT2D eigenvalue weighted by Crippen LogP contribution is 2.30. The first-order valence-electron chi connectivity index (χ1n) is 9.68. The molecule has 3 heterocycles. The van der Waals surface area contributed by atoms with E-state index in [2.05, 4.69) is 10.1 Å². The molecule has 0 aliphatic rings. The lowest BCUT2D eigenvalue weighted by molar-refractivity contribution is -0.0436. The Balaban J connectivity index is 1.94. The van der Waals surface area contributed by atoms with Gasteiger partial charge in [-0.25, -0.2) is 35.4 Å². The van der Waals surface area contributed by atoms with Gasteiger partial charge in [-0.3, -0.25) is 0 Å². The lowest BCUT2D eigenvalue weighted by Gasteiger charge is -2.10. The minimum absolute atomic E-state index is 0.250. The lowest BCUT2D eigenvalue weighted by Crippen LogP contribution is -2.25. The van der Waals surface area contributed by atoms with Gasteiger partial charge in [0.1, 0.15) is 10.7 Å². The molecule has 0 bridgehead atoms. The topological polar surface area (TPSA) is 120 Å². The molecule has 0 atom stereocenters. The van der Waals surface area contributed by atoms with Crippen LogP contribution in [-0.2, 0) is 19.7 Å². The van der Waals surface area contributed by atoms with Crippen LogP contribution in [0.4, 0.5) is 17.6 Å². The van der Waals surface area contributed by atoms with Gasteiger partial charge in [-0.2, -0.15) is 17.9 Å². The smallest absolute Gasteiger partial charge is 0.249 e. The Bertz CT molecular complexity index is 1730. The molecule has 4 rings (SSSR count). The third-order valence-electron chi connectivity index (χ3n) is 5.03. The molecule has 4 aromatic rings. The van der Waals surface area contributed by atoms with Crippen LogP contribution in [-0.4, -0.2) is 47.3 Å². The predicted molar refractivity (Wildman–Crippen MR) is 115 cm³/mol. The number of aromatic nitrogens is 4. The zero-order valence-corrected chi connectivity index (χ0v) is 19.2. The first-order valence-corrected chi connectivity index (χ1v) is 12.8. The minimum Gasteiger partial charge on any atom is -0.249 e. The number of pyridine rings is 2. The summed E-state index contributed by atoms with van der Waals surface area (Å²) in [6.07, 6.45) is 1.66. The van der Waals surface area contributed by atoms with Crippen molar-refractivity contribution in [1.82, 2.24) is 19.2 Å². The van der Waals surface area contributed by atoms with E-state index in [9.17, 15) is 39.2 Å². The average Bonchev–Trinajstić information content (AvgIpc) is 3.14. The van der Waals surface area contributed by atoms with Crippen LogP contribution in [0.2, 0.25) is 0 Å². The summed E-state index contributed by atoms with van der Waals surface area (Å²) in [5.41, 5.74) is -6.27. The van der Waals surface area contributed by atoms with Gasteiger partial charge in [0, 0.05) is 18.0 Å². The number of nitrogens with zero attached hydrogens (tertiary/aromatic N) is 4. The summed E-state index contributed by atoms with van der Waals surface area (Å²) in [7, 11) is -9.76. The summed E-state index contributed by atoms with van der Waals surface area (Å²) in [6, 6.07) is 7.83. The second-order valence-corrected chi connectivity index (χ2v) is 11.4. The van der Waals surface area contributed by atoms with Gasteiger partial charge in [0.05, 0.1) is 10.6 Å². The van der Waals surface area contributed by atoms with Gasteiger partial charge in [-0.05, 0) is 35.9 Å². The van der Waals surface area contributed by atoms with Crippen LogP contribution >= 0.6 is 0 Å². The number of rotatable bonds is 5. The second-order valence-electron chi connectivity index (χ2n) is 7.19. The van der Waals surface area contributed by atoms with Crippen LogP contribution in [0, 0.1) is 5.82 Å². The first-order chi connectivity index (χ1) is 16.3. The van der Waals surface area contributed by atoms with Gasteiger partial charge >= 0.3 is 11.2 Å². The van der Waals surface area contributed by atoms with Crippen molar-refractivity contribution in [2.24, 2.45) is 0 Å². The summed E-state index contributed by atoms with van der Waals surface area (Å²) in [5, 5.41) is 3.90. The van der Waals surface area contributed by atoms with E-state index < -0.39 is 52.3 Å². The Morgan fingerprint density at radius 1 is 0.971 bits per heavy atom. The zero-order valence-electron chi connectivity index (χ0n) is 17.6. The molecular weight excluding hydrogens is 516 g/mol. The van der Waals surface area contributed by atoms with E-state index in [1.54, 1.807) is 0 Å². The highest BCUT2D eigenvalue weighted by Gasteiger charge is 2.47. The van der Waals surface area contributed by atoms with E-state index >= 15 is 0 Å². The molecule has 0 N–H and O–H groups in total. The van der Waals surface area contributed by atoms with Gasteiger partial charge in [0.2, 0.25) is 0 Å². The van der Waals surface area contributed by atoms with Gasteiger partial charge in [-0.1, -0.05) is 19.1 Å². The number of sulfone groups is 2. The molecule has 3 aromatic heterocycles. The fourth-order valence-electron chi connectivity index (χ4n) is 3.17. The molecule has 0 fully saturated rings. The lowest BCUT2D eigenvalue weighted by atomic mass is 10.1. The Kier molecular flexibility index (Phi) is 5.79. The van der Waals surface area contributed by atoms with E-state index in [0.29, 0.717) is 26.9 Å². The maximum atomic E-state index is 13.3. The maximum Gasteiger partial charge on any atom is 0.501 e. The van der Waals surface area contributed by atoms with Gasteiger partial charge in [-0.15, -0.1) is 5.10 Å². The predicted octanol–water partition coefficient (Wildman–Crippen LogP) is 2.77. The van der Waals surface area contributed by atoms with Crippen molar-refractivity contribution in [3.05, 3.63) is 71.2 Å². The van der Waals surface area contributed by atoms with Crippen molar-refractivity contribution in [2.75, 3.05) is 5.75 Å². The van der Waals surface area contributed by atoms with E-state index in [1.807, 2.05) is 0 Å². The van der Waals surface area contributed by atoms with E-state index in [0.717, 1.165) is 18.2 Å². The van der Waals surface area contributed by atoms with E-state index in [1.165, 1.54) is 31.3 Å². The van der Waals surface area contributed by atoms with Crippen molar-refractivity contribution in [2.45, 2.75) is 22.2 Å². The number of halogens is 4. The Labute approximate surface area is 195 Å². The van der Waals surface area contributed by atoms with Crippen molar-refractivity contribution in [3.8, 4) is 16.9 Å². The van der Waals surface area contributed by atoms with E-state index in [4.69, 9.17) is 0 Å². The number of alkyl halides is 3. The number of hydrogen-bond acceptors (Lipinski definition) is 7. The Morgan fingerprint density at radius 3 is 2.23 bits per heavy atom. The third kappa shape index (κ3) is 4.20. The Hall–Kier alpha value is -3.59. The van der Waals surface area contributed by atoms with Gasteiger partial charge < -0.3 is 0 Å². The number of hydrogen-bond donors (Lipinski definition) is 0. The first kappa shape index (κ1) is 24.5. The SMILES string of the molecule is CCS(=O)(=O)c1cc(-c2ccc(F)cc2)cnc1-n1nc2ccc(S(=O)(=O)C(F)(F)F)cn2c1=O. The van der Waals surface area contributed by atoms with Crippen LogP contribution in [0.1, 0.15) is 6.92 Å². The largest absolute Gasteiger partial charge is 0.501 e. The monoisotopic (exact) mass is 530 g/mol. The molecule has 0 saturated carbocycles. The molecule has 35 heavy (non-hydrogen) atoms.